The lowest BCUT2D eigenvalue weighted by Gasteiger charge is -2.22. The third-order valence-corrected chi connectivity index (χ3v) is 2.89. The summed E-state index contributed by atoms with van der Waals surface area (Å²) in [5, 5.41) is 0. The smallest absolute Gasteiger partial charge is 0.254 e. The first kappa shape index (κ1) is 15.4. The Balaban J connectivity index is 2.86. The van der Waals surface area contributed by atoms with Gasteiger partial charge in [0, 0.05) is 31.9 Å². The van der Waals surface area contributed by atoms with Crippen molar-refractivity contribution in [2.75, 3.05) is 32.1 Å². The molecule has 2 N–H and O–H groups in total. The van der Waals surface area contributed by atoms with Crippen LogP contribution in [0.25, 0.3) is 0 Å². The van der Waals surface area contributed by atoms with Gasteiger partial charge in [-0.05, 0) is 30.7 Å². The second-order valence-corrected chi connectivity index (χ2v) is 5.16. The molecule has 0 fully saturated rings. The van der Waals surface area contributed by atoms with Crippen LogP contribution in [0.3, 0.4) is 0 Å². The Morgan fingerprint density at radius 1 is 1.26 bits per heavy atom. The van der Waals surface area contributed by atoms with Crippen LogP contribution in [0.5, 0.6) is 0 Å². The van der Waals surface area contributed by atoms with E-state index in [1.807, 2.05) is 50.2 Å². The highest BCUT2D eigenvalue weighted by molar-refractivity contribution is 7.80. The largest absolute Gasteiger partial charge is 0.392 e. The third-order valence-electron chi connectivity index (χ3n) is 2.76. The summed E-state index contributed by atoms with van der Waals surface area (Å²) in [5.41, 5.74) is 7.26. The Bertz CT molecular complexity index is 443. The fourth-order valence-electron chi connectivity index (χ4n) is 1.80. The number of anilines is 1. The number of thiocarbonyl (C=S) groups is 1. The van der Waals surface area contributed by atoms with Crippen molar-refractivity contribution in [3.63, 3.8) is 0 Å². The normalized spacial score (nSPS) is 10.1. The van der Waals surface area contributed by atoms with Crippen molar-refractivity contribution in [1.82, 2.24) is 4.90 Å². The van der Waals surface area contributed by atoms with Crippen LogP contribution in [0.2, 0.25) is 0 Å². The van der Waals surface area contributed by atoms with E-state index in [1.54, 1.807) is 4.90 Å². The zero-order valence-electron chi connectivity index (χ0n) is 11.7. The van der Waals surface area contributed by atoms with Gasteiger partial charge in [0.2, 0.25) is 0 Å². The highest BCUT2D eigenvalue weighted by atomic mass is 32.1. The lowest BCUT2D eigenvalue weighted by Crippen LogP contribution is -2.38. The van der Waals surface area contributed by atoms with Crippen LogP contribution in [0.4, 0.5) is 5.69 Å². The summed E-state index contributed by atoms with van der Waals surface area (Å²) in [6.07, 6.45) is 0.879. The number of hydrogen-bond acceptors (Lipinski definition) is 3. The number of benzene rings is 1. The third kappa shape index (κ3) is 4.52. The Labute approximate surface area is 120 Å². The maximum Gasteiger partial charge on any atom is 0.254 e. The monoisotopic (exact) mass is 279 g/mol. The van der Waals surface area contributed by atoms with E-state index in [2.05, 4.69) is 0 Å². The molecule has 0 unspecified atom stereocenters. The van der Waals surface area contributed by atoms with Gasteiger partial charge < -0.3 is 15.5 Å². The van der Waals surface area contributed by atoms with E-state index in [4.69, 9.17) is 18.0 Å². The summed E-state index contributed by atoms with van der Waals surface area (Å²) >= 11 is 4.89. The number of amides is 1. The molecule has 0 aromatic heterocycles. The van der Waals surface area contributed by atoms with Crippen LogP contribution in [0.1, 0.15) is 23.7 Å². The maximum absolute atomic E-state index is 12.3. The van der Waals surface area contributed by atoms with Gasteiger partial charge in [0.15, 0.2) is 0 Å². The fourth-order valence-corrected chi connectivity index (χ4v) is 1.95. The Hall–Kier alpha value is -1.62. The standard InChI is InChI=1S/C14H21N3OS/c1-4-9-17(10-13(15)19)14(18)11-5-7-12(8-6-11)16(2)3/h5-8H,4,9-10H2,1-3H3,(H2,15,19). The molecule has 0 bridgehead atoms. The molecule has 0 aliphatic carbocycles. The van der Waals surface area contributed by atoms with Gasteiger partial charge in [-0.15, -0.1) is 0 Å². The molecule has 0 aliphatic heterocycles. The van der Waals surface area contributed by atoms with Crippen molar-refractivity contribution in [1.29, 1.82) is 0 Å². The summed E-state index contributed by atoms with van der Waals surface area (Å²) in [4.78, 5) is 16.4. The second-order valence-electron chi connectivity index (χ2n) is 4.63. The molecule has 1 rings (SSSR count). The van der Waals surface area contributed by atoms with Crippen molar-refractivity contribution in [3.05, 3.63) is 29.8 Å². The van der Waals surface area contributed by atoms with Gasteiger partial charge in [-0.1, -0.05) is 19.1 Å². The van der Waals surface area contributed by atoms with Crippen LogP contribution < -0.4 is 10.6 Å². The number of carbonyl (C=O) groups excluding carboxylic acids is 1. The average Bonchev–Trinajstić information content (AvgIpc) is 2.37. The van der Waals surface area contributed by atoms with Crippen LogP contribution in [-0.4, -0.2) is 43.0 Å². The summed E-state index contributed by atoms with van der Waals surface area (Å²) in [7, 11) is 3.93. The molecular formula is C14H21N3OS. The van der Waals surface area contributed by atoms with Crippen molar-refractivity contribution in [3.8, 4) is 0 Å². The molecule has 1 aromatic rings. The van der Waals surface area contributed by atoms with Gasteiger partial charge in [0.05, 0.1) is 11.5 Å². The van der Waals surface area contributed by atoms with E-state index >= 15 is 0 Å². The lowest BCUT2D eigenvalue weighted by atomic mass is 10.1. The fraction of sp³-hybridized carbons (Fsp3) is 0.429. The maximum atomic E-state index is 12.3. The van der Waals surface area contributed by atoms with Gasteiger partial charge in [-0.25, -0.2) is 0 Å². The van der Waals surface area contributed by atoms with E-state index in [0.717, 1.165) is 12.1 Å². The predicted octanol–water partition coefficient (Wildman–Crippen LogP) is 1.89. The zero-order valence-corrected chi connectivity index (χ0v) is 12.5. The minimum atomic E-state index is -0.0278. The first-order valence-electron chi connectivity index (χ1n) is 6.30. The molecule has 19 heavy (non-hydrogen) atoms. The number of nitrogens with two attached hydrogens (primary N) is 1. The van der Waals surface area contributed by atoms with E-state index in [9.17, 15) is 4.79 Å². The molecular weight excluding hydrogens is 258 g/mol. The molecule has 4 nitrogen and oxygen atoms in total. The summed E-state index contributed by atoms with van der Waals surface area (Å²) in [6, 6.07) is 7.52. The first-order chi connectivity index (χ1) is 8.95. The van der Waals surface area contributed by atoms with E-state index < -0.39 is 0 Å². The highest BCUT2D eigenvalue weighted by Crippen LogP contribution is 2.14. The summed E-state index contributed by atoms with van der Waals surface area (Å²) in [6.45, 7) is 3.01. The summed E-state index contributed by atoms with van der Waals surface area (Å²) < 4.78 is 0. The van der Waals surface area contributed by atoms with Crippen molar-refractivity contribution >= 4 is 28.8 Å². The van der Waals surface area contributed by atoms with Crippen LogP contribution >= 0.6 is 12.2 Å². The molecule has 0 heterocycles. The lowest BCUT2D eigenvalue weighted by molar-refractivity contribution is 0.0780. The Kier molecular flexibility index (Phi) is 5.76. The average molecular weight is 279 g/mol. The summed E-state index contributed by atoms with van der Waals surface area (Å²) in [5.74, 6) is -0.0278. The second kappa shape index (κ2) is 7.09. The van der Waals surface area contributed by atoms with Crippen LogP contribution in [0.15, 0.2) is 24.3 Å². The first-order valence-corrected chi connectivity index (χ1v) is 6.71. The zero-order chi connectivity index (χ0) is 14.4. The minimum Gasteiger partial charge on any atom is -0.392 e. The highest BCUT2D eigenvalue weighted by Gasteiger charge is 2.15. The van der Waals surface area contributed by atoms with Gasteiger partial charge in [-0.2, -0.15) is 0 Å². The van der Waals surface area contributed by atoms with E-state index in [-0.39, 0.29) is 5.91 Å². The molecule has 0 atom stereocenters. The van der Waals surface area contributed by atoms with Crippen molar-refractivity contribution in [2.24, 2.45) is 5.73 Å². The molecule has 104 valence electrons. The molecule has 0 aliphatic rings. The molecule has 5 heteroatoms. The van der Waals surface area contributed by atoms with Gasteiger partial charge in [0.1, 0.15) is 0 Å². The van der Waals surface area contributed by atoms with E-state index in [0.29, 0.717) is 23.6 Å². The number of rotatable bonds is 6. The van der Waals surface area contributed by atoms with Crippen LogP contribution in [0, 0.1) is 0 Å². The molecule has 0 radical (unpaired) electrons. The number of carbonyl (C=O) groups is 1. The molecule has 1 aromatic carbocycles. The Morgan fingerprint density at radius 3 is 2.26 bits per heavy atom. The number of nitrogens with zero attached hydrogens (tertiary/aromatic N) is 2. The van der Waals surface area contributed by atoms with Crippen LogP contribution in [-0.2, 0) is 0 Å². The van der Waals surface area contributed by atoms with Gasteiger partial charge in [0.25, 0.3) is 5.91 Å². The minimum absolute atomic E-state index is 0.0278. The predicted molar refractivity (Wildman–Crippen MR) is 83.7 cm³/mol. The van der Waals surface area contributed by atoms with E-state index in [1.165, 1.54) is 0 Å². The van der Waals surface area contributed by atoms with Gasteiger partial charge in [-0.3, -0.25) is 4.79 Å². The van der Waals surface area contributed by atoms with Crippen molar-refractivity contribution in [2.45, 2.75) is 13.3 Å². The van der Waals surface area contributed by atoms with Crippen molar-refractivity contribution < 1.29 is 4.79 Å². The molecule has 1 amide bonds. The number of hydrogen-bond donors (Lipinski definition) is 1. The molecule has 0 saturated carbocycles. The topological polar surface area (TPSA) is 49.6 Å². The SMILES string of the molecule is CCCN(CC(N)=S)C(=O)c1ccc(N(C)C)cc1. The quantitative estimate of drug-likeness (QED) is 0.808. The van der Waals surface area contributed by atoms with Gasteiger partial charge >= 0.3 is 0 Å². The molecule has 0 saturated heterocycles. The molecule has 0 spiro atoms. The Morgan fingerprint density at radius 2 is 1.84 bits per heavy atom.